The summed E-state index contributed by atoms with van der Waals surface area (Å²) in [5.74, 6) is 0.894. The fourth-order valence-electron chi connectivity index (χ4n) is 7.78. The number of aryl methyl sites for hydroxylation is 3. The Labute approximate surface area is 289 Å². The van der Waals surface area contributed by atoms with Crippen molar-refractivity contribution in [2.75, 3.05) is 19.0 Å². The van der Waals surface area contributed by atoms with Gasteiger partial charge in [-0.1, -0.05) is 18.2 Å². The third kappa shape index (κ3) is 4.93. The third-order valence-corrected chi connectivity index (χ3v) is 11.2. The molecule has 0 unspecified atom stereocenters. The lowest BCUT2D eigenvalue weighted by Crippen LogP contribution is -2.22. The molecule has 0 bridgehead atoms. The molecule has 6 aromatic rings. The minimum atomic E-state index is -0.372. The van der Waals surface area contributed by atoms with E-state index in [1.807, 2.05) is 11.0 Å². The first-order valence-electron chi connectivity index (χ1n) is 16.7. The van der Waals surface area contributed by atoms with Gasteiger partial charge in [-0.2, -0.15) is 0 Å². The van der Waals surface area contributed by atoms with Gasteiger partial charge in [0.25, 0.3) is 5.91 Å². The molecule has 50 heavy (non-hydrogen) atoms. The fraction of sp³-hybridized carbons (Fsp3) is 0.297. The summed E-state index contributed by atoms with van der Waals surface area (Å²) in [6, 6.07) is 11.5. The highest BCUT2D eigenvalue weighted by molar-refractivity contribution is 7.22. The molecule has 1 fully saturated rings. The van der Waals surface area contributed by atoms with Gasteiger partial charge >= 0.3 is 0 Å². The minimum Gasteiger partial charge on any atom is -0.493 e. The molecule has 4 aromatic heterocycles. The van der Waals surface area contributed by atoms with Crippen LogP contribution in [0.25, 0.3) is 32.1 Å². The Hall–Kier alpha value is -5.30. The Balaban J connectivity index is 1.20. The van der Waals surface area contributed by atoms with Gasteiger partial charge in [-0.25, -0.2) is 18.7 Å². The summed E-state index contributed by atoms with van der Waals surface area (Å²) >= 11 is 1.49. The highest BCUT2D eigenvalue weighted by atomic mass is 32.1. The number of ether oxygens (including phenoxy) is 1. The summed E-state index contributed by atoms with van der Waals surface area (Å²) < 4.78 is 40.5. The molecule has 2 atom stereocenters. The summed E-state index contributed by atoms with van der Waals surface area (Å²) in [4.78, 5) is 31.4. The van der Waals surface area contributed by atoms with Crippen molar-refractivity contribution in [3.63, 3.8) is 0 Å². The number of hydrogen-bond donors (Lipinski definition) is 1. The number of nitrogens with zero attached hydrogens (tertiary/aromatic N) is 6. The second kappa shape index (κ2) is 11.9. The molecule has 1 amide bonds. The molecule has 13 heteroatoms. The topological polar surface area (TPSA) is 119 Å². The molecule has 0 radical (unpaired) electrons. The third-order valence-electron chi connectivity index (χ3n) is 10.0. The monoisotopic (exact) mass is 691 g/mol. The highest BCUT2D eigenvalue weighted by Gasteiger charge is 2.45. The van der Waals surface area contributed by atoms with E-state index in [1.54, 1.807) is 25.1 Å². The maximum atomic E-state index is 14.5. The Kier molecular flexibility index (Phi) is 7.34. The van der Waals surface area contributed by atoms with Crippen LogP contribution in [0.5, 0.6) is 5.75 Å². The number of hydrogen-bond acceptors (Lipinski definition) is 10. The number of anilines is 1. The number of carbonyl (C=O) groups excluding carboxylic acids is 1. The number of halogens is 2. The van der Waals surface area contributed by atoms with Crippen LogP contribution in [-0.2, 0) is 19.3 Å². The van der Waals surface area contributed by atoms with Crippen molar-refractivity contribution in [2.24, 2.45) is 0 Å². The SMILES string of the molecule is COc1c(F)ccc2c1CC[C@H]2Nc1ncnc2cc(-c3c4c(nc(CCc5ccc(F)cc5)c3-c3nnc(C)o3)[C@@H]3CCCN3C4=O)sc12. The van der Waals surface area contributed by atoms with Crippen LogP contribution in [0.4, 0.5) is 14.6 Å². The van der Waals surface area contributed by atoms with E-state index in [0.29, 0.717) is 54.2 Å². The predicted octanol–water partition coefficient (Wildman–Crippen LogP) is 7.57. The second-order valence-corrected chi connectivity index (χ2v) is 14.0. The number of fused-ring (bicyclic) bond motifs is 5. The molecule has 2 aromatic carbocycles. The van der Waals surface area contributed by atoms with E-state index in [4.69, 9.17) is 14.1 Å². The quantitative estimate of drug-likeness (QED) is 0.172. The maximum Gasteiger partial charge on any atom is 0.257 e. The van der Waals surface area contributed by atoms with E-state index in [9.17, 15) is 13.6 Å². The van der Waals surface area contributed by atoms with E-state index in [1.165, 1.54) is 43.0 Å². The molecule has 1 N–H and O–H groups in total. The van der Waals surface area contributed by atoms with E-state index in [2.05, 4.69) is 25.5 Å². The molecular weight excluding hydrogens is 661 g/mol. The Bertz CT molecular complexity index is 2320. The molecule has 1 aliphatic carbocycles. The van der Waals surface area contributed by atoms with Gasteiger partial charge in [0.15, 0.2) is 11.6 Å². The molecule has 0 saturated carbocycles. The normalized spacial score (nSPS) is 17.8. The number of pyridine rings is 1. The van der Waals surface area contributed by atoms with Crippen molar-refractivity contribution < 1.29 is 22.7 Å². The first-order chi connectivity index (χ1) is 24.4. The van der Waals surface area contributed by atoms with Crippen LogP contribution in [0.3, 0.4) is 0 Å². The maximum absolute atomic E-state index is 14.5. The number of carbonyl (C=O) groups is 1. The number of rotatable bonds is 8. The summed E-state index contributed by atoms with van der Waals surface area (Å²) in [7, 11) is 1.49. The molecule has 9 rings (SSSR count). The van der Waals surface area contributed by atoms with Gasteiger partial charge < -0.3 is 19.4 Å². The molecule has 3 aliphatic rings. The summed E-state index contributed by atoms with van der Waals surface area (Å²) in [6.07, 6.45) is 5.80. The van der Waals surface area contributed by atoms with Gasteiger partial charge in [0, 0.05) is 29.5 Å². The molecule has 2 aliphatic heterocycles. The number of nitrogens with one attached hydrogen (secondary N) is 1. The van der Waals surface area contributed by atoms with Gasteiger partial charge in [-0.05, 0) is 73.9 Å². The zero-order chi connectivity index (χ0) is 34.1. The van der Waals surface area contributed by atoms with E-state index in [0.717, 1.165) is 62.4 Å². The van der Waals surface area contributed by atoms with Gasteiger partial charge in [-0.3, -0.25) is 9.78 Å². The van der Waals surface area contributed by atoms with Crippen LogP contribution in [0.2, 0.25) is 0 Å². The van der Waals surface area contributed by atoms with Crippen LogP contribution >= 0.6 is 11.3 Å². The average Bonchev–Trinajstić information content (AvgIpc) is 3.96. The van der Waals surface area contributed by atoms with Crippen LogP contribution in [0, 0.1) is 18.6 Å². The average molecular weight is 692 g/mol. The zero-order valence-electron chi connectivity index (χ0n) is 27.3. The minimum absolute atomic E-state index is 0.0572. The van der Waals surface area contributed by atoms with Gasteiger partial charge in [0.1, 0.15) is 18.0 Å². The molecule has 10 nitrogen and oxygen atoms in total. The van der Waals surface area contributed by atoms with E-state index in [-0.39, 0.29) is 41.3 Å². The summed E-state index contributed by atoms with van der Waals surface area (Å²) in [6.45, 7) is 2.40. The largest absolute Gasteiger partial charge is 0.493 e. The van der Waals surface area contributed by atoms with Gasteiger partial charge in [0.05, 0.1) is 51.9 Å². The zero-order valence-corrected chi connectivity index (χ0v) is 28.1. The van der Waals surface area contributed by atoms with Crippen LogP contribution in [0.15, 0.2) is 53.2 Å². The fourth-order valence-corrected chi connectivity index (χ4v) is 8.90. The van der Waals surface area contributed by atoms with Crippen LogP contribution in [0.1, 0.15) is 75.7 Å². The lowest BCUT2D eigenvalue weighted by Gasteiger charge is -2.16. The molecule has 1 saturated heterocycles. The summed E-state index contributed by atoms with van der Waals surface area (Å²) in [5.41, 5.74) is 6.89. The molecular formula is C37H31F2N7O3S. The highest BCUT2D eigenvalue weighted by Crippen LogP contribution is 2.50. The number of benzene rings is 2. The van der Waals surface area contributed by atoms with Crippen molar-refractivity contribution in [1.29, 1.82) is 0 Å². The first kappa shape index (κ1) is 30.7. The molecule has 0 spiro atoms. The van der Waals surface area contributed by atoms with Crippen LogP contribution in [-0.4, -0.2) is 49.6 Å². The number of amides is 1. The smallest absolute Gasteiger partial charge is 0.257 e. The van der Waals surface area contributed by atoms with Crippen molar-refractivity contribution in [3.05, 3.63) is 100.0 Å². The number of thiophene rings is 1. The van der Waals surface area contributed by atoms with Crippen molar-refractivity contribution >= 4 is 33.3 Å². The Morgan fingerprint density at radius 1 is 1.04 bits per heavy atom. The van der Waals surface area contributed by atoms with Crippen molar-refractivity contribution in [2.45, 2.75) is 57.5 Å². The van der Waals surface area contributed by atoms with E-state index >= 15 is 0 Å². The summed E-state index contributed by atoms with van der Waals surface area (Å²) in [5, 5.41) is 12.2. The number of aromatic nitrogens is 5. The van der Waals surface area contributed by atoms with Gasteiger partial charge in [-0.15, -0.1) is 21.5 Å². The lowest BCUT2D eigenvalue weighted by atomic mass is 9.93. The van der Waals surface area contributed by atoms with E-state index < -0.39 is 0 Å². The number of methoxy groups -OCH3 is 1. The lowest BCUT2D eigenvalue weighted by molar-refractivity contribution is 0.0776. The predicted molar refractivity (Wildman–Crippen MR) is 183 cm³/mol. The van der Waals surface area contributed by atoms with Crippen LogP contribution < -0.4 is 10.1 Å². The first-order valence-corrected chi connectivity index (χ1v) is 17.5. The molecule has 6 heterocycles. The van der Waals surface area contributed by atoms with Crippen molar-refractivity contribution in [1.82, 2.24) is 30.0 Å². The van der Waals surface area contributed by atoms with Gasteiger partial charge in [0.2, 0.25) is 11.8 Å². The second-order valence-electron chi connectivity index (χ2n) is 12.9. The Morgan fingerprint density at radius 2 is 1.90 bits per heavy atom. The molecule has 252 valence electrons. The standard InChI is InChI=1S/C37H31F2N7O3S/c1-18-44-45-36(49-18)29-25(13-7-19-5-8-20(38)9-6-19)42-32-27-4-3-15-46(27)37(47)31(32)30(29)28-16-26-34(50-28)35(41-17-40-26)43-24-14-11-22-21(24)10-12-23(39)33(22)48-2/h5-6,8-10,12,16-17,24,27H,3-4,7,11,13-15H2,1-2H3,(H,40,41,43)/t24-,27+/m1/s1. The van der Waals surface area contributed by atoms with Crippen molar-refractivity contribution in [3.8, 4) is 27.6 Å². The Morgan fingerprint density at radius 3 is 2.70 bits per heavy atom.